The van der Waals surface area contributed by atoms with Crippen molar-refractivity contribution in [3.05, 3.63) is 59.7 Å². The maximum atomic E-state index is 8.75. The van der Waals surface area contributed by atoms with Crippen LogP contribution in [0.15, 0.2) is 53.5 Å². The zero-order valence-electron chi connectivity index (χ0n) is 13.0. The van der Waals surface area contributed by atoms with Crippen LogP contribution >= 0.6 is 0 Å². The van der Waals surface area contributed by atoms with Crippen molar-refractivity contribution in [1.82, 2.24) is 0 Å². The average molecular weight is 292 g/mol. The van der Waals surface area contributed by atoms with Gasteiger partial charge in [0.15, 0.2) is 0 Å². The molecular formula is C19H20N2O. The number of hydrogen-bond donors (Lipinski definition) is 0. The third-order valence-electron chi connectivity index (χ3n) is 3.20. The van der Waals surface area contributed by atoms with E-state index in [9.17, 15) is 0 Å². The Kier molecular flexibility index (Phi) is 5.73. The van der Waals surface area contributed by atoms with E-state index >= 15 is 0 Å². The second-order valence-electron chi connectivity index (χ2n) is 5.52. The highest BCUT2D eigenvalue weighted by molar-refractivity contribution is 5.82. The summed E-state index contributed by atoms with van der Waals surface area (Å²) in [6.45, 7) is 5.12. The van der Waals surface area contributed by atoms with E-state index in [1.807, 2.05) is 36.4 Å². The van der Waals surface area contributed by atoms with E-state index in [0.717, 1.165) is 30.0 Å². The first-order chi connectivity index (χ1) is 10.7. The van der Waals surface area contributed by atoms with E-state index in [0.29, 0.717) is 11.5 Å². The lowest BCUT2D eigenvalue weighted by Crippen LogP contribution is -2.01. The average Bonchev–Trinajstić information content (AvgIpc) is 2.54. The van der Waals surface area contributed by atoms with Crippen molar-refractivity contribution in [2.24, 2.45) is 10.9 Å². The minimum atomic E-state index is 0.641. The highest BCUT2D eigenvalue weighted by Gasteiger charge is 1.97. The molecule has 0 aliphatic carbocycles. The van der Waals surface area contributed by atoms with Gasteiger partial charge in [0.25, 0.3) is 0 Å². The number of aliphatic imine (C=N–C) groups is 1. The first kappa shape index (κ1) is 15.8. The van der Waals surface area contributed by atoms with Crippen molar-refractivity contribution in [3.63, 3.8) is 0 Å². The molecule has 0 aliphatic rings. The Labute approximate surface area is 131 Å². The Morgan fingerprint density at radius 3 is 2.36 bits per heavy atom. The zero-order valence-corrected chi connectivity index (χ0v) is 13.0. The fourth-order valence-corrected chi connectivity index (χ4v) is 1.83. The summed E-state index contributed by atoms with van der Waals surface area (Å²) in [5.41, 5.74) is 2.48. The van der Waals surface area contributed by atoms with E-state index in [-0.39, 0.29) is 0 Å². The molecule has 2 rings (SSSR count). The van der Waals surface area contributed by atoms with Crippen LogP contribution in [0.2, 0.25) is 0 Å². The van der Waals surface area contributed by atoms with E-state index in [2.05, 4.69) is 24.9 Å². The number of nitriles is 1. The second kappa shape index (κ2) is 7.99. The molecule has 0 amide bonds. The smallest absolute Gasteiger partial charge is 0.119 e. The molecule has 112 valence electrons. The fourth-order valence-electron chi connectivity index (χ4n) is 1.83. The number of ether oxygens (including phenoxy) is 1. The van der Waals surface area contributed by atoms with Crippen molar-refractivity contribution >= 4 is 11.9 Å². The standard InChI is InChI=1S/C19H20N2O/c1-15(2)11-12-22-19-9-5-17(6-10-19)14-21-18-7-3-16(13-20)4-8-18/h3-10,14-15H,11-12H2,1-2H3. The molecule has 0 aromatic heterocycles. The lowest BCUT2D eigenvalue weighted by Gasteiger charge is -2.07. The Morgan fingerprint density at radius 2 is 1.77 bits per heavy atom. The van der Waals surface area contributed by atoms with Crippen molar-refractivity contribution in [2.45, 2.75) is 20.3 Å². The summed E-state index contributed by atoms with van der Waals surface area (Å²) in [5, 5.41) is 8.75. The third-order valence-corrected chi connectivity index (χ3v) is 3.20. The minimum Gasteiger partial charge on any atom is -0.494 e. The maximum absolute atomic E-state index is 8.75. The van der Waals surface area contributed by atoms with Gasteiger partial charge in [-0.2, -0.15) is 5.26 Å². The monoisotopic (exact) mass is 292 g/mol. The number of rotatable bonds is 6. The summed E-state index contributed by atoms with van der Waals surface area (Å²) in [7, 11) is 0. The maximum Gasteiger partial charge on any atom is 0.119 e. The van der Waals surface area contributed by atoms with Gasteiger partial charge < -0.3 is 4.74 Å². The van der Waals surface area contributed by atoms with Crippen molar-refractivity contribution in [3.8, 4) is 11.8 Å². The molecule has 3 heteroatoms. The Morgan fingerprint density at radius 1 is 1.09 bits per heavy atom. The molecule has 0 fully saturated rings. The van der Waals surface area contributed by atoms with Gasteiger partial charge in [-0.1, -0.05) is 13.8 Å². The van der Waals surface area contributed by atoms with Gasteiger partial charge in [-0.15, -0.1) is 0 Å². The van der Waals surface area contributed by atoms with E-state index < -0.39 is 0 Å². The first-order valence-corrected chi connectivity index (χ1v) is 7.44. The van der Waals surface area contributed by atoms with Crippen LogP contribution in [-0.2, 0) is 0 Å². The van der Waals surface area contributed by atoms with Crippen LogP contribution in [-0.4, -0.2) is 12.8 Å². The third kappa shape index (κ3) is 5.06. The largest absolute Gasteiger partial charge is 0.494 e. The van der Waals surface area contributed by atoms with E-state index in [1.165, 1.54) is 0 Å². The molecule has 0 aliphatic heterocycles. The van der Waals surface area contributed by atoms with Gasteiger partial charge >= 0.3 is 0 Å². The molecule has 0 atom stereocenters. The lowest BCUT2D eigenvalue weighted by atomic mass is 10.1. The highest BCUT2D eigenvalue weighted by atomic mass is 16.5. The Balaban J connectivity index is 1.92. The van der Waals surface area contributed by atoms with Crippen LogP contribution in [0.4, 0.5) is 5.69 Å². The van der Waals surface area contributed by atoms with Gasteiger partial charge in [0.2, 0.25) is 0 Å². The minimum absolute atomic E-state index is 0.641. The lowest BCUT2D eigenvalue weighted by molar-refractivity contribution is 0.289. The molecule has 0 radical (unpaired) electrons. The van der Waals surface area contributed by atoms with Gasteiger partial charge in [-0.25, -0.2) is 0 Å². The molecule has 0 heterocycles. The van der Waals surface area contributed by atoms with E-state index in [4.69, 9.17) is 10.00 Å². The molecule has 0 N–H and O–H groups in total. The number of hydrogen-bond acceptors (Lipinski definition) is 3. The number of nitrogens with zero attached hydrogens (tertiary/aromatic N) is 2. The van der Waals surface area contributed by atoms with Crippen molar-refractivity contribution in [1.29, 1.82) is 5.26 Å². The van der Waals surface area contributed by atoms with Crippen LogP contribution in [0, 0.1) is 17.2 Å². The first-order valence-electron chi connectivity index (χ1n) is 7.44. The quantitative estimate of drug-likeness (QED) is 0.722. The zero-order chi connectivity index (χ0) is 15.8. The van der Waals surface area contributed by atoms with Crippen molar-refractivity contribution < 1.29 is 4.74 Å². The normalized spacial score (nSPS) is 10.8. The van der Waals surface area contributed by atoms with Gasteiger partial charge in [0.1, 0.15) is 5.75 Å². The predicted molar refractivity (Wildman–Crippen MR) is 89.8 cm³/mol. The van der Waals surface area contributed by atoms with Gasteiger partial charge in [-0.05, 0) is 66.4 Å². The topological polar surface area (TPSA) is 45.4 Å². The van der Waals surface area contributed by atoms with E-state index in [1.54, 1.807) is 18.3 Å². The van der Waals surface area contributed by atoms with Gasteiger partial charge in [-0.3, -0.25) is 4.99 Å². The molecule has 2 aromatic rings. The summed E-state index contributed by atoms with van der Waals surface area (Å²) < 4.78 is 5.68. The number of benzene rings is 2. The Bertz CT molecular complexity index is 649. The SMILES string of the molecule is CC(C)CCOc1ccc(C=Nc2ccc(C#N)cc2)cc1. The van der Waals surface area contributed by atoms with Gasteiger partial charge in [0.05, 0.1) is 23.9 Å². The highest BCUT2D eigenvalue weighted by Crippen LogP contribution is 2.15. The molecular weight excluding hydrogens is 272 g/mol. The molecule has 3 nitrogen and oxygen atoms in total. The summed E-state index contributed by atoms with van der Waals surface area (Å²) in [5.74, 6) is 1.54. The molecule has 0 saturated carbocycles. The molecule has 0 spiro atoms. The van der Waals surface area contributed by atoms with Crippen LogP contribution in [0.5, 0.6) is 5.75 Å². The molecule has 0 bridgehead atoms. The van der Waals surface area contributed by atoms with Crippen LogP contribution in [0.3, 0.4) is 0 Å². The predicted octanol–water partition coefficient (Wildman–Crippen LogP) is 4.73. The molecule has 22 heavy (non-hydrogen) atoms. The summed E-state index contributed by atoms with van der Waals surface area (Å²) >= 11 is 0. The van der Waals surface area contributed by atoms with Crippen LogP contribution in [0.25, 0.3) is 0 Å². The fraction of sp³-hybridized carbons (Fsp3) is 0.263. The van der Waals surface area contributed by atoms with Crippen molar-refractivity contribution in [2.75, 3.05) is 6.61 Å². The van der Waals surface area contributed by atoms with Crippen LogP contribution < -0.4 is 4.74 Å². The van der Waals surface area contributed by atoms with Gasteiger partial charge in [0, 0.05) is 6.21 Å². The summed E-state index contributed by atoms with van der Waals surface area (Å²) in [4.78, 5) is 4.39. The molecule has 0 unspecified atom stereocenters. The summed E-state index contributed by atoms with van der Waals surface area (Å²) in [6, 6.07) is 17.2. The molecule has 0 saturated heterocycles. The summed E-state index contributed by atoms with van der Waals surface area (Å²) in [6.07, 6.45) is 2.86. The molecule has 2 aromatic carbocycles. The second-order valence-corrected chi connectivity index (χ2v) is 5.52. The van der Waals surface area contributed by atoms with Crippen LogP contribution in [0.1, 0.15) is 31.4 Å². The Hall–Kier alpha value is -2.60.